The molecule has 1 aromatic heterocycles. The highest BCUT2D eigenvalue weighted by molar-refractivity contribution is 6.29. The number of nitrogens with one attached hydrogen (secondary N) is 1. The third kappa shape index (κ3) is 5.02. The van der Waals surface area contributed by atoms with Crippen LogP contribution in [0, 0.1) is 11.3 Å². The van der Waals surface area contributed by atoms with Gasteiger partial charge in [-0.05, 0) is 24.0 Å². The number of rotatable bonds is 4. The SMILES string of the molecule is CC(C)(C)CC(CN)C(=O)Nc1ccnc(Cl)c1. The molecule has 0 saturated carbocycles. The van der Waals surface area contributed by atoms with E-state index in [4.69, 9.17) is 17.3 Å². The first-order valence-corrected chi connectivity index (χ1v) is 6.32. The standard InChI is InChI=1S/C13H20ClN3O/c1-13(2,3)7-9(8-15)12(18)17-10-4-5-16-11(14)6-10/h4-6,9H,7-8,15H2,1-3H3,(H,16,17,18). The molecule has 0 aliphatic heterocycles. The molecule has 1 amide bonds. The van der Waals surface area contributed by atoms with Crippen LogP contribution in [0.25, 0.3) is 0 Å². The Morgan fingerprint density at radius 1 is 1.56 bits per heavy atom. The summed E-state index contributed by atoms with van der Waals surface area (Å²) < 4.78 is 0. The second-order valence-corrected chi connectivity index (χ2v) is 5.94. The van der Waals surface area contributed by atoms with E-state index in [0.717, 1.165) is 6.42 Å². The van der Waals surface area contributed by atoms with Gasteiger partial charge in [0.05, 0.1) is 5.92 Å². The minimum atomic E-state index is -0.197. The zero-order chi connectivity index (χ0) is 13.8. The fraction of sp³-hybridized carbons (Fsp3) is 0.538. The molecule has 0 aliphatic carbocycles. The Bertz CT molecular complexity index is 415. The normalized spacial score (nSPS) is 13.2. The first kappa shape index (κ1) is 14.9. The molecule has 1 aromatic rings. The van der Waals surface area contributed by atoms with Gasteiger partial charge in [-0.1, -0.05) is 32.4 Å². The van der Waals surface area contributed by atoms with Crippen LogP contribution in [-0.4, -0.2) is 17.4 Å². The van der Waals surface area contributed by atoms with E-state index in [-0.39, 0.29) is 17.2 Å². The van der Waals surface area contributed by atoms with E-state index < -0.39 is 0 Å². The molecule has 0 saturated heterocycles. The molecule has 18 heavy (non-hydrogen) atoms. The monoisotopic (exact) mass is 269 g/mol. The Labute approximate surface area is 113 Å². The molecule has 0 aliphatic rings. The van der Waals surface area contributed by atoms with E-state index in [1.165, 1.54) is 0 Å². The summed E-state index contributed by atoms with van der Waals surface area (Å²) in [6.07, 6.45) is 2.30. The third-order valence-electron chi connectivity index (χ3n) is 2.51. The van der Waals surface area contributed by atoms with Crippen molar-refractivity contribution < 1.29 is 4.79 Å². The van der Waals surface area contributed by atoms with E-state index in [1.807, 2.05) is 0 Å². The van der Waals surface area contributed by atoms with Gasteiger partial charge >= 0.3 is 0 Å². The summed E-state index contributed by atoms with van der Waals surface area (Å²) in [5.41, 5.74) is 6.38. The average molecular weight is 270 g/mol. The largest absolute Gasteiger partial charge is 0.330 e. The number of pyridine rings is 1. The number of amides is 1. The van der Waals surface area contributed by atoms with Gasteiger partial charge in [0.15, 0.2) is 0 Å². The summed E-state index contributed by atoms with van der Waals surface area (Å²) in [4.78, 5) is 15.9. The van der Waals surface area contributed by atoms with E-state index in [2.05, 4.69) is 31.1 Å². The van der Waals surface area contributed by atoms with Gasteiger partial charge in [-0.15, -0.1) is 0 Å². The van der Waals surface area contributed by atoms with Crippen molar-refractivity contribution in [3.63, 3.8) is 0 Å². The van der Waals surface area contributed by atoms with Crippen LogP contribution in [0.1, 0.15) is 27.2 Å². The molecule has 0 aromatic carbocycles. The number of hydrogen-bond donors (Lipinski definition) is 2. The molecule has 3 N–H and O–H groups in total. The van der Waals surface area contributed by atoms with Crippen LogP contribution in [0.5, 0.6) is 0 Å². The topological polar surface area (TPSA) is 68.0 Å². The number of nitrogens with zero attached hydrogens (tertiary/aromatic N) is 1. The van der Waals surface area contributed by atoms with Gasteiger partial charge in [-0.3, -0.25) is 4.79 Å². The number of halogens is 1. The summed E-state index contributed by atoms with van der Waals surface area (Å²) in [5, 5.41) is 3.17. The predicted octanol–water partition coefficient (Wildman–Crippen LogP) is 2.68. The lowest BCUT2D eigenvalue weighted by molar-refractivity contribution is -0.120. The number of anilines is 1. The van der Waals surface area contributed by atoms with Crippen LogP contribution in [0.15, 0.2) is 18.3 Å². The lowest BCUT2D eigenvalue weighted by atomic mass is 9.84. The zero-order valence-electron chi connectivity index (χ0n) is 11.0. The van der Waals surface area contributed by atoms with Crippen LogP contribution < -0.4 is 11.1 Å². The minimum absolute atomic E-state index is 0.0667. The lowest BCUT2D eigenvalue weighted by Crippen LogP contribution is -2.32. The number of carbonyl (C=O) groups excluding carboxylic acids is 1. The van der Waals surface area contributed by atoms with Crippen LogP contribution in [-0.2, 0) is 4.79 Å². The molecule has 100 valence electrons. The quantitative estimate of drug-likeness (QED) is 0.826. The summed E-state index contributed by atoms with van der Waals surface area (Å²) in [5.74, 6) is -0.272. The Hall–Kier alpha value is -1.13. The highest BCUT2D eigenvalue weighted by atomic mass is 35.5. The molecule has 0 spiro atoms. The Morgan fingerprint density at radius 2 is 2.22 bits per heavy atom. The molecule has 1 rings (SSSR count). The number of aromatic nitrogens is 1. The maximum Gasteiger partial charge on any atom is 0.228 e. The van der Waals surface area contributed by atoms with Gasteiger partial charge in [0, 0.05) is 18.4 Å². The summed E-state index contributed by atoms with van der Waals surface area (Å²) >= 11 is 5.76. The van der Waals surface area contributed by atoms with Crippen molar-refractivity contribution in [2.75, 3.05) is 11.9 Å². The van der Waals surface area contributed by atoms with Crippen LogP contribution in [0.3, 0.4) is 0 Å². The Kier molecular flexibility index (Phi) is 5.11. The summed E-state index contributed by atoms with van der Waals surface area (Å²) in [6, 6.07) is 3.32. The van der Waals surface area contributed by atoms with Gasteiger partial charge in [0.2, 0.25) is 5.91 Å². The second kappa shape index (κ2) is 6.16. The van der Waals surface area contributed by atoms with Gasteiger partial charge in [-0.2, -0.15) is 0 Å². The maximum absolute atomic E-state index is 12.1. The van der Waals surface area contributed by atoms with Crippen molar-refractivity contribution in [2.45, 2.75) is 27.2 Å². The molecule has 0 fully saturated rings. The molecule has 5 heteroatoms. The minimum Gasteiger partial charge on any atom is -0.330 e. The Morgan fingerprint density at radius 3 is 2.72 bits per heavy atom. The second-order valence-electron chi connectivity index (χ2n) is 5.55. The van der Waals surface area contributed by atoms with Gasteiger partial charge in [0.25, 0.3) is 0 Å². The molecular formula is C13H20ClN3O. The van der Waals surface area contributed by atoms with Crippen molar-refractivity contribution in [3.8, 4) is 0 Å². The first-order chi connectivity index (χ1) is 8.31. The predicted molar refractivity (Wildman–Crippen MR) is 74.5 cm³/mol. The highest BCUT2D eigenvalue weighted by Gasteiger charge is 2.23. The van der Waals surface area contributed by atoms with Crippen molar-refractivity contribution in [3.05, 3.63) is 23.5 Å². The van der Waals surface area contributed by atoms with Crippen LogP contribution in [0.4, 0.5) is 5.69 Å². The molecule has 1 heterocycles. The number of carbonyl (C=O) groups is 1. The lowest BCUT2D eigenvalue weighted by Gasteiger charge is -2.24. The summed E-state index contributed by atoms with van der Waals surface area (Å²) in [7, 11) is 0. The van der Waals surface area contributed by atoms with E-state index >= 15 is 0 Å². The van der Waals surface area contributed by atoms with Crippen molar-refractivity contribution >= 4 is 23.2 Å². The van der Waals surface area contributed by atoms with E-state index in [9.17, 15) is 4.79 Å². The molecule has 4 nitrogen and oxygen atoms in total. The van der Waals surface area contributed by atoms with E-state index in [1.54, 1.807) is 18.3 Å². The van der Waals surface area contributed by atoms with Gasteiger partial charge in [0.1, 0.15) is 5.15 Å². The van der Waals surface area contributed by atoms with Gasteiger partial charge in [-0.25, -0.2) is 4.98 Å². The fourth-order valence-corrected chi connectivity index (χ4v) is 1.92. The molecular weight excluding hydrogens is 250 g/mol. The molecule has 1 unspecified atom stereocenters. The first-order valence-electron chi connectivity index (χ1n) is 5.94. The van der Waals surface area contributed by atoms with Crippen molar-refractivity contribution in [1.29, 1.82) is 0 Å². The summed E-state index contributed by atoms with van der Waals surface area (Å²) in [6.45, 7) is 6.60. The van der Waals surface area contributed by atoms with Crippen LogP contribution in [0.2, 0.25) is 5.15 Å². The third-order valence-corrected chi connectivity index (χ3v) is 2.71. The molecule has 0 bridgehead atoms. The van der Waals surface area contributed by atoms with Crippen LogP contribution >= 0.6 is 11.6 Å². The zero-order valence-corrected chi connectivity index (χ0v) is 11.8. The molecule has 0 radical (unpaired) electrons. The Balaban J connectivity index is 2.68. The smallest absolute Gasteiger partial charge is 0.228 e. The van der Waals surface area contributed by atoms with Crippen molar-refractivity contribution in [2.24, 2.45) is 17.1 Å². The molecule has 1 atom stereocenters. The average Bonchev–Trinajstić information content (AvgIpc) is 2.24. The maximum atomic E-state index is 12.1. The highest BCUT2D eigenvalue weighted by Crippen LogP contribution is 2.25. The number of hydrogen-bond acceptors (Lipinski definition) is 3. The van der Waals surface area contributed by atoms with E-state index in [0.29, 0.717) is 17.4 Å². The van der Waals surface area contributed by atoms with Crippen molar-refractivity contribution in [1.82, 2.24) is 4.98 Å². The number of nitrogens with two attached hydrogens (primary N) is 1. The van der Waals surface area contributed by atoms with Gasteiger partial charge < -0.3 is 11.1 Å². The fourth-order valence-electron chi connectivity index (χ4n) is 1.75.